The van der Waals surface area contributed by atoms with Crippen molar-refractivity contribution in [3.05, 3.63) is 42.1 Å². The maximum atomic E-state index is 13.0. The van der Waals surface area contributed by atoms with Crippen LogP contribution in [0.3, 0.4) is 0 Å². The largest absolute Gasteiger partial charge is 0.493 e. The summed E-state index contributed by atoms with van der Waals surface area (Å²) >= 11 is 0. The molecule has 8 heteroatoms. The second-order valence-electron chi connectivity index (χ2n) is 7.87. The Hall–Kier alpha value is -3.29. The van der Waals surface area contributed by atoms with Crippen LogP contribution >= 0.6 is 0 Å². The van der Waals surface area contributed by atoms with Gasteiger partial charge >= 0.3 is 0 Å². The number of amides is 2. The highest BCUT2D eigenvalue weighted by Crippen LogP contribution is 2.30. The van der Waals surface area contributed by atoms with E-state index in [1.54, 1.807) is 38.6 Å². The SMILES string of the molecule is COc1ccc(C(=O)N2CCCN(c3ccc(NC(=O)C4CC4)cn3)CC2)cc1OC. The summed E-state index contributed by atoms with van der Waals surface area (Å²) in [5.74, 6) is 2.22. The Morgan fingerprint density at radius 3 is 2.48 bits per heavy atom. The summed E-state index contributed by atoms with van der Waals surface area (Å²) in [6, 6.07) is 9.06. The average molecular weight is 425 g/mol. The number of rotatable bonds is 6. The molecule has 31 heavy (non-hydrogen) atoms. The second kappa shape index (κ2) is 9.24. The normalized spacial score (nSPS) is 16.5. The molecule has 2 aromatic rings. The predicted octanol–water partition coefficient (Wildman–Crippen LogP) is 2.80. The number of hydrogen-bond acceptors (Lipinski definition) is 6. The molecule has 1 aliphatic carbocycles. The Labute approximate surface area is 182 Å². The number of nitrogens with zero attached hydrogens (tertiary/aromatic N) is 3. The van der Waals surface area contributed by atoms with E-state index >= 15 is 0 Å². The second-order valence-corrected chi connectivity index (χ2v) is 7.87. The molecule has 164 valence electrons. The molecule has 1 aromatic carbocycles. The van der Waals surface area contributed by atoms with Crippen LogP contribution in [-0.4, -0.2) is 62.1 Å². The summed E-state index contributed by atoms with van der Waals surface area (Å²) in [7, 11) is 3.13. The number of nitrogens with one attached hydrogen (secondary N) is 1. The number of ether oxygens (including phenoxy) is 2. The highest BCUT2D eigenvalue weighted by molar-refractivity contribution is 5.95. The van der Waals surface area contributed by atoms with Crippen LogP contribution < -0.4 is 19.7 Å². The molecule has 1 aliphatic heterocycles. The average Bonchev–Trinajstić information content (AvgIpc) is 3.66. The van der Waals surface area contributed by atoms with Crippen LogP contribution in [0.15, 0.2) is 36.5 Å². The zero-order valence-electron chi connectivity index (χ0n) is 18.0. The van der Waals surface area contributed by atoms with Crippen molar-refractivity contribution in [2.45, 2.75) is 19.3 Å². The van der Waals surface area contributed by atoms with Crippen molar-refractivity contribution in [2.24, 2.45) is 5.92 Å². The van der Waals surface area contributed by atoms with Crippen LogP contribution in [0.25, 0.3) is 0 Å². The molecule has 8 nitrogen and oxygen atoms in total. The van der Waals surface area contributed by atoms with Crippen LogP contribution in [0.1, 0.15) is 29.6 Å². The molecule has 2 heterocycles. The lowest BCUT2D eigenvalue weighted by Crippen LogP contribution is -2.35. The Bertz CT molecular complexity index is 943. The summed E-state index contributed by atoms with van der Waals surface area (Å²) < 4.78 is 10.6. The van der Waals surface area contributed by atoms with E-state index in [0.29, 0.717) is 36.7 Å². The van der Waals surface area contributed by atoms with E-state index in [1.165, 1.54) is 0 Å². The molecule has 0 spiro atoms. The number of carbonyl (C=O) groups excluding carboxylic acids is 2. The molecule has 1 saturated carbocycles. The first-order chi connectivity index (χ1) is 15.1. The first-order valence-electron chi connectivity index (χ1n) is 10.6. The zero-order chi connectivity index (χ0) is 21.8. The quantitative estimate of drug-likeness (QED) is 0.768. The number of anilines is 2. The van der Waals surface area contributed by atoms with Gasteiger partial charge in [0.1, 0.15) is 5.82 Å². The summed E-state index contributed by atoms with van der Waals surface area (Å²) in [6.07, 6.45) is 4.50. The topological polar surface area (TPSA) is 84.0 Å². The first-order valence-corrected chi connectivity index (χ1v) is 10.6. The number of methoxy groups -OCH3 is 2. The monoisotopic (exact) mass is 424 g/mol. The summed E-state index contributed by atoms with van der Waals surface area (Å²) in [4.78, 5) is 33.5. The zero-order valence-corrected chi connectivity index (χ0v) is 18.0. The lowest BCUT2D eigenvalue weighted by Gasteiger charge is -2.23. The van der Waals surface area contributed by atoms with Crippen molar-refractivity contribution in [2.75, 3.05) is 50.6 Å². The molecule has 0 radical (unpaired) electrons. The predicted molar refractivity (Wildman–Crippen MR) is 118 cm³/mol. The van der Waals surface area contributed by atoms with Crippen LogP contribution in [0.2, 0.25) is 0 Å². The van der Waals surface area contributed by atoms with Gasteiger partial charge in [0.2, 0.25) is 5.91 Å². The van der Waals surface area contributed by atoms with Gasteiger partial charge in [0.05, 0.1) is 26.1 Å². The van der Waals surface area contributed by atoms with Gasteiger partial charge in [0.25, 0.3) is 5.91 Å². The van der Waals surface area contributed by atoms with E-state index in [4.69, 9.17) is 9.47 Å². The summed E-state index contributed by atoms with van der Waals surface area (Å²) in [5.41, 5.74) is 1.31. The van der Waals surface area contributed by atoms with Gasteiger partial charge < -0.3 is 24.6 Å². The van der Waals surface area contributed by atoms with Gasteiger partial charge in [-0.25, -0.2) is 4.98 Å². The van der Waals surface area contributed by atoms with Gasteiger partial charge in [-0.2, -0.15) is 0 Å². The number of aromatic nitrogens is 1. The fourth-order valence-corrected chi connectivity index (χ4v) is 3.74. The Morgan fingerprint density at radius 1 is 1.00 bits per heavy atom. The lowest BCUT2D eigenvalue weighted by molar-refractivity contribution is -0.117. The summed E-state index contributed by atoms with van der Waals surface area (Å²) in [5, 5.41) is 2.91. The molecule has 0 unspecified atom stereocenters. The molecule has 0 atom stereocenters. The van der Waals surface area contributed by atoms with Crippen molar-refractivity contribution in [1.29, 1.82) is 0 Å². The van der Waals surface area contributed by atoms with Crippen molar-refractivity contribution >= 4 is 23.3 Å². The van der Waals surface area contributed by atoms with Crippen LogP contribution in [0, 0.1) is 5.92 Å². The van der Waals surface area contributed by atoms with Crippen molar-refractivity contribution in [3.63, 3.8) is 0 Å². The van der Waals surface area contributed by atoms with Crippen molar-refractivity contribution in [1.82, 2.24) is 9.88 Å². The third-order valence-corrected chi connectivity index (χ3v) is 5.70. The first kappa shape index (κ1) is 21.0. The van der Waals surface area contributed by atoms with E-state index in [-0.39, 0.29) is 17.7 Å². The molecule has 2 aliphatic rings. The van der Waals surface area contributed by atoms with Gasteiger partial charge in [-0.05, 0) is 49.6 Å². The Kier molecular flexibility index (Phi) is 6.25. The molecule has 1 N–H and O–H groups in total. The maximum absolute atomic E-state index is 13.0. The lowest BCUT2D eigenvalue weighted by atomic mass is 10.1. The van der Waals surface area contributed by atoms with Gasteiger partial charge in [-0.1, -0.05) is 0 Å². The van der Waals surface area contributed by atoms with Gasteiger partial charge in [-0.3, -0.25) is 9.59 Å². The fraction of sp³-hybridized carbons (Fsp3) is 0.435. The van der Waals surface area contributed by atoms with Crippen LogP contribution in [0.5, 0.6) is 11.5 Å². The molecule has 2 fully saturated rings. The minimum absolute atomic E-state index is 0.0195. The van der Waals surface area contributed by atoms with Crippen molar-refractivity contribution in [3.8, 4) is 11.5 Å². The highest BCUT2D eigenvalue weighted by atomic mass is 16.5. The molecule has 2 amide bonds. The highest BCUT2D eigenvalue weighted by Gasteiger charge is 2.29. The van der Waals surface area contributed by atoms with E-state index in [9.17, 15) is 9.59 Å². The van der Waals surface area contributed by atoms with Gasteiger partial charge in [-0.15, -0.1) is 0 Å². The maximum Gasteiger partial charge on any atom is 0.254 e. The third kappa shape index (κ3) is 4.90. The molecule has 1 aromatic heterocycles. The van der Waals surface area contributed by atoms with E-state index in [0.717, 1.165) is 37.3 Å². The third-order valence-electron chi connectivity index (χ3n) is 5.70. The molecule has 0 bridgehead atoms. The van der Waals surface area contributed by atoms with E-state index < -0.39 is 0 Å². The Balaban J connectivity index is 1.37. The van der Waals surface area contributed by atoms with Crippen LogP contribution in [0.4, 0.5) is 11.5 Å². The minimum atomic E-state index is -0.0195. The Morgan fingerprint density at radius 2 is 1.81 bits per heavy atom. The molecular weight excluding hydrogens is 396 g/mol. The molecule has 4 rings (SSSR count). The minimum Gasteiger partial charge on any atom is -0.493 e. The fourth-order valence-electron chi connectivity index (χ4n) is 3.74. The van der Waals surface area contributed by atoms with Crippen LogP contribution in [-0.2, 0) is 4.79 Å². The number of pyridine rings is 1. The summed E-state index contributed by atoms with van der Waals surface area (Å²) in [6.45, 7) is 2.80. The standard InChI is InChI=1S/C23H28N4O4/c1-30-19-8-6-17(14-20(19)31-2)23(29)27-11-3-10-26(12-13-27)21-9-7-18(15-24-21)25-22(28)16-4-5-16/h6-9,14-16H,3-5,10-13H2,1-2H3,(H,25,28). The van der Waals surface area contributed by atoms with E-state index in [1.807, 2.05) is 17.0 Å². The van der Waals surface area contributed by atoms with Gasteiger partial charge in [0.15, 0.2) is 11.5 Å². The molecule has 1 saturated heterocycles. The molecular formula is C23H28N4O4. The van der Waals surface area contributed by atoms with Crippen molar-refractivity contribution < 1.29 is 19.1 Å². The smallest absolute Gasteiger partial charge is 0.254 e. The van der Waals surface area contributed by atoms with E-state index in [2.05, 4.69) is 15.2 Å². The number of hydrogen-bond donors (Lipinski definition) is 1. The number of carbonyl (C=O) groups is 2. The number of benzene rings is 1. The van der Waals surface area contributed by atoms with Gasteiger partial charge in [0, 0.05) is 37.7 Å².